The third-order valence-electron chi connectivity index (χ3n) is 5.20. The number of carbonyl (C=O) groups excluding carboxylic acids is 2. The summed E-state index contributed by atoms with van der Waals surface area (Å²) in [7, 11) is 1.72. The van der Waals surface area contributed by atoms with Crippen LogP contribution in [0.5, 0.6) is 0 Å². The van der Waals surface area contributed by atoms with Crippen LogP contribution >= 0.6 is 11.8 Å². The van der Waals surface area contributed by atoms with Gasteiger partial charge in [0.15, 0.2) is 0 Å². The van der Waals surface area contributed by atoms with Gasteiger partial charge in [0, 0.05) is 19.0 Å². The van der Waals surface area contributed by atoms with Gasteiger partial charge in [0.1, 0.15) is 28.5 Å². The molecule has 8 nitrogen and oxygen atoms in total. The number of thioether (sulfide) groups is 1. The molecule has 34 heavy (non-hydrogen) atoms. The van der Waals surface area contributed by atoms with Gasteiger partial charge >= 0.3 is 5.91 Å². The van der Waals surface area contributed by atoms with Crippen molar-refractivity contribution in [1.29, 1.82) is 10.8 Å². The quantitative estimate of drug-likeness (QED) is 0.226. The highest BCUT2D eigenvalue weighted by atomic mass is 32.2. The Bertz CT molecular complexity index is 1080. The first kappa shape index (κ1) is 27.4. The van der Waals surface area contributed by atoms with Crippen molar-refractivity contribution in [3.8, 4) is 0 Å². The van der Waals surface area contributed by atoms with Crippen LogP contribution < -0.4 is 10.6 Å². The molecule has 6 N–H and O–H groups in total. The number of nitrogens with one attached hydrogen (secondary N) is 3. The average molecular weight is 495 g/mol. The van der Waals surface area contributed by atoms with Crippen molar-refractivity contribution in [3.05, 3.63) is 58.6 Å². The number of rotatable bonds is 7. The van der Waals surface area contributed by atoms with Crippen LogP contribution in [0.25, 0.3) is 0 Å². The second-order valence-electron chi connectivity index (χ2n) is 8.75. The molecule has 1 unspecified atom stereocenters. The van der Waals surface area contributed by atoms with Crippen molar-refractivity contribution in [2.24, 2.45) is 5.41 Å². The summed E-state index contributed by atoms with van der Waals surface area (Å²) >= 11 is 0.610. The first-order chi connectivity index (χ1) is 15.8. The van der Waals surface area contributed by atoms with E-state index in [1.807, 2.05) is 20.8 Å². The molecule has 0 radical (unpaired) electrons. The number of hydrogen-bond donors (Lipinski definition) is 5. The minimum atomic E-state index is -0.906. The Hall–Kier alpha value is -2.89. The molecule has 184 valence electrons. The second-order valence-corrected chi connectivity index (χ2v) is 9.86. The van der Waals surface area contributed by atoms with Gasteiger partial charge in [-0.3, -0.25) is 31.0 Å². The fourth-order valence-electron chi connectivity index (χ4n) is 3.63. The summed E-state index contributed by atoms with van der Waals surface area (Å²) in [5.74, 6) is -3.75. The van der Waals surface area contributed by atoms with Gasteiger partial charge in [-0.25, -0.2) is 8.78 Å². The minimum Gasteiger partial charge on any atom is -0.500 e. The predicted octanol–water partition coefficient (Wildman–Crippen LogP) is 2.43. The number of aliphatic hydroxyl groups excluding tert-OH is 1. The lowest BCUT2D eigenvalue weighted by Crippen LogP contribution is -2.81. The summed E-state index contributed by atoms with van der Waals surface area (Å²) in [4.78, 5) is 27.4. The van der Waals surface area contributed by atoms with E-state index in [1.165, 1.54) is 22.5 Å². The highest BCUT2D eigenvalue weighted by Gasteiger charge is 2.39. The number of nitrogens with zero attached hydrogens (tertiary/aromatic N) is 1. The Morgan fingerprint density at radius 3 is 2.47 bits per heavy atom. The maximum Gasteiger partial charge on any atom is 0.313 e. The van der Waals surface area contributed by atoms with Crippen molar-refractivity contribution >= 4 is 33.5 Å². The molecule has 1 atom stereocenters. The molecule has 2 rings (SSSR count). The zero-order chi connectivity index (χ0) is 25.8. The molecule has 0 fully saturated rings. The number of hydrogen-bond acceptors (Lipinski definition) is 7. The zero-order valence-electron chi connectivity index (χ0n) is 19.8. The van der Waals surface area contributed by atoms with E-state index in [-0.39, 0.29) is 44.9 Å². The number of nitrogens with two attached hydrogens (primary N) is 1. The monoisotopic (exact) mass is 494 g/mol. The molecule has 1 aliphatic heterocycles. The van der Waals surface area contributed by atoms with Crippen LogP contribution in [0, 0.1) is 27.9 Å². The largest absolute Gasteiger partial charge is 0.500 e. The first-order valence-corrected chi connectivity index (χ1v) is 11.4. The molecule has 11 heteroatoms. The molecular formula is C23H30F2N5O3S+. The molecule has 1 aromatic carbocycles. The number of allylic oxidation sites excluding steroid dienone is 1. The standard InChI is InChI=1S/C23H29F2N5O3S/c1-6-30(22(28-5)23(2,3)4)21(33)17-19(32)18(31)14(11-29-17)20(27)34-16(26)9-12-7-8-13(24)10-15(12)25/h7-8,10-11,22,26-28,32H,6,9H2,1-5H3,(H,29,31)/p+1. The molecule has 1 amide bonds. The van der Waals surface area contributed by atoms with Crippen LogP contribution in [0.4, 0.5) is 8.78 Å². The number of Topliss-reactive ketones (excluding diaryl/α,β-unsaturated/α-hetero) is 1. The number of halogens is 2. The van der Waals surface area contributed by atoms with E-state index in [1.54, 1.807) is 14.0 Å². The van der Waals surface area contributed by atoms with E-state index < -0.39 is 29.1 Å². The molecule has 1 aromatic rings. The van der Waals surface area contributed by atoms with Crippen LogP contribution in [0.2, 0.25) is 0 Å². The number of ketones is 1. The Kier molecular flexibility index (Phi) is 8.87. The normalized spacial score (nSPS) is 15.1. The van der Waals surface area contributed by atoms with Crippen LogP contribution in [-0.2, 0) is 16.0 Å². The molecule has 0 spiro atoms. The molecule has 0 saturated heterocycles. The Balaban J connectivity index is 2.15. The van der Waals surface area contributed by atoms with E-state index in [0.29, 0.717) is 24.4 Å². The van der Waals surface area contributed by atoms with Crippen molar-refractivity contribution in [2.75, 3.05) is 13.6 Å². The van der Waals surface area contributed by atoms with E-state index in [4.69, 9.17) is 10.8 Å². The number of amides is 1. The smallest absolute Gasteiger partial charge is 0.313 e. The van der Waals surface area contributed by atoms with Gasteiger partial charge in [0.25, 0.3) is 0 Å². The Morgan fingerprint density at radius 2 is 1.94 bits per heavy atom. The van der Waals surface area contributed by atoms with Gasteiger partial charge in [-0.1, -0.05) is 38.6 Å². The Labute approximate surface area is 201 Å². The summed E-state index contributed by atoms with van der Waals surface area (Å²) in [6.07, 6.45) is 0.704. The third kappa shape index (κ3) is 6.16. The summed E-state index contributed by atoms with van der Waals surface area (Å²) < 4.78 is 26.9. The number of aliphatic hydroxyl groups is 1. The summed E-state index contributed by atoms with van der Waals surface area (Å²) in [6, 6.07) is 2.99. The molecule has 0 aromatic heterocycles. The zero-order valence-corrected chi connectivity index (χ0v) is 20.6. The number of likely N-dealkylation sites (N-methyl/N-ethyl adjacent to an activating group) is 1. The fraction of sp³-hybridized carbons (Fsp3) is 0.391. The lowest BCUT2D eigenvalue weighted by molar-refractivity contribution is -0.532. The van der Waals surface area contributed by atoms with E-state index >= 15 is 0 Å². The van der Waals surface area contributed by atoms with Crippen LogP contribution in [-0.4, -0.2) is 51.5 Å². The summed E-state index contributed by atoms with van der Waals surface area (Å²) in [5.41, 5.74) is -0.608. The number of quaternary nitrogens is 1. The van der Waals surface area contributed by atoms with Crippen molar-refractivity contribution in [3.63, 3.8) is 0 Å². The average Bonchev–Trinajstić information content (AvgIpc) is 2.74. The van der Waals surface area contributed by atoms with Gasteiger partial charge in [-0.05, 0) is 31.0 Å². The van der Waals surface area contributed by atoms with Crippen molar-refractivity contribution in [1.82, 2.24) is 10.2 Å². The molecule has 0 bridgehead atoms. The van der Waals surface area contributed by atoms with E-state index in [2.05, 4.69) is 5.32 Å². The van der Waals surface area contributed by atoms with Gasteiger partial charge in [-0.2, -0.15) is 0 Å². The lowest BCUT2D eigenvalue weighted by Gasteiger charge is -2.39. The second kappa shape index (κ2) is 11.0. The highest BCUT2D eigenvalue weighted by Crippen LogP contribution is 2.25. The van der Waals surface area contributed by atoms with E-state index in [0.717, 1.165) is 6.07 Å². The topological polar surface area (TPSA) is 134 Å². The van der Waals surface area contributed by atoms with Crippen molar-refractivity contribution in [2.45, 2.75) is 40.3 Å². The first-order valence-electron chi connectivity index (χ1n) is 10.6. The van der Waals surface area contributed by atoms with Crippen molar-refractivity contribution < 1.29 is 28.8 Å². The molecule has 0 aliphatic carbocycles. The maximum absolute atomic E-state index is 13.8. The summed E-state index contributed by atoms with van der Waals surface area (Å²) in [6.45, 7) is 7.99. The molecule has 0 saturated carbocycles. The lowest BCUT2D eigenvalue weighted by atomic mass is 9.91. The van der Waals surface area contributed by atoms with Crippen LogP contribution in [0.1, 0.15) is 33.3 Å². The fourth-order valence-corrected chi connectivity index (χ4v) is 4.37. The Morgan fingerprint density at radius 1 is 1.29 bits per heavy atom. The van der Waals surface area contributed by atoms with Gasteiger partial charge in [0.2, 0.25) is 17.2 Å². The number of carbonyl (C=O) groups is 2. The minimum absolute atomic E-state index is 0.0791. The third-order valence-corrected chi connectivity index (χ3v) is 6.02. The molecular weight excluding hydrogens is 464 g/mol. The summed E-state index contributed by atoms with van der Waals surface area (Å²) in [5, 5.41) is 30.6. The van der Waals surface area contributed by atoms with Gasteiger partial charge in [-0.15, -0.1) is 0 Å². The molecule has 1 aliphatic rings. The van der Waals surface area contributed by atoms with E-state index in [9.17, 15) is 23.5 Å². The van der Waals surface area contributed by atoms with Gasteiger partial charge in [0.05, 0.1) is 11.2 Å². The van der Waals surface area contributed by atoms with Gasteiger partial charge < -0.3 is 10.0 Å². The molecule has 1 heterocycles. The highest BCUT2D eigenvalue weighted by molar-refractivity contribution is 8.26. The maximum atomic E-state index is 13.8. The van der Waals surface area contributed by atoms with Crippen LogP contribution in [0.15, 0.2) is 41.4 Å². The van der Waals surface area contributed by atoms with Crippen LogP contribution in [0.3, 0.4) is 0 Å². The SMILES string of the molecule is CCN(C(=O)C1=C(O)C(=O)C(C(=N)SC(=N)Cc2ccc(F)cc2F)=C[NH2+]1)C(NC)C(C)(C)C. The number of benzene rings is 1. The predicted molar refractivity (Wildman–Crippen MR) is 127 cm³/mol.